The van der Waals surface area contributed by atoms with Gasteiger partial charge in [0.05, 0.1) is 31.3 Å². The van der Waals surface area contributed by atoms with E-state index in [1.54, 1.807) is 6.08 Å². The molecule has 4 N–H and O–H groups in total. The van der Waals surface area contributed by atoms with Crippen molar-refractivity contribution in [3.8, 4) is 0 Å². The fourth-order valence-electron chi connectivity index (χ4n) is 5.01. The molecule has 43 heavy (non-hydrogen) atoms. The van der Waals surface area contributed by atoms with Crippen molar-refractivity contribution in [2.24, 2.45) is 0 Å². The summed E-state index contributed by atoms with van der Waals surface area (Å²) < 4.78 is 0. The first kappa shape index (κ1) is 41.3. The van der Waals surface area contributed by atoms with Gasteiger partial charge >= 0.3 is 0 Å². The summed E-state index contributed by atoms with van der Waals surface area (Å²) in [5, 5.41) is 33.0. The molecule has 0 bridgehead atoms. The number of rotatable bonds is 31. The van der Waals surface area contributed by atoms with Crippen LogP contribution in [-0.4, -0.2) is 46.1 Å². The van der Waals surface area contributed by atoms with Gasteiger partial charge in [0.15, 0.2) is 0 Å². The second kappa shape index (κ2) is 33.2. The van der Waals surface area contributed by atoms with Gasteiger partial charge in [-0.3, -0.25) is 4.79 Å². The predicted octanol–water partition coefficient (Wildman–Crippen LogP) is 9.42. The Morgan fingerprint density at radius 3 is 1.51 bits per heavy atom. The van der Waals surface area contributed by atoms with E-state index in [9.17, 15) is 20.1 Å². The zero-order valence-corrected chi connectivity index (χ0v) is 28.1. The molecule has 0 aromatic carbocycles. The highest BCUT2D eigenvalue weighted by atomic mass is 16.3. The first-order valence-electron chi connectivity index (χ1n) is 17.9. The van der Waals surface area contributed by atoms with Gasteiger partial charge in [-0.05, 0) is 70.6 Å². The van der Waals surface area contributed by atoms with Crippen LogP contribution in [-0.2, 0) is 4.79 Å². The van der Waals surface area contributed by atoms with Crippen LogP contribution in [0.5, 0.6) is 0 Å². The molecule has 0 saturated carbocycles. The smallest absolute Gasteiger partial charge is 0.222 e. The predicted molar refractivity (Wildman–Crippen MR) is 185 cm³/mol. The maximum Gasteiger partial charge on any atom is 0.222 e. The molecular weight excluding hydrogens is 534 g/mol. The Kier molecular flexibility index (Phi) is 31.9. The van der Waals surface area contributed by atoms with Crippen LogP contribution >= 0.6 is 0 Å². The molecule has 0 spiro atoms. The molecule has 0 radical (unpaired) electrons. The van der Waals surface area contributed by atoms with E-state index in [2.05, 4.69) is 55.6 Å². The van der Waals surface area contributed by atoms with Crippen LogP contribution in [0.25, 0.3) is 0 Å². The third-order valence-corrected chi connectivity index (χ3v) is 7.82. The topological polar surface area (TPSA) is 89.8 Å². The fraction of sp³-hybridized carbons (Fsp3) is 0.763. The summed E-state index contributed by atoms with van der Waals surface area (Å²) in [6.45, 7) is 4.13. The van der Waals surface area contributed by atoms with Crippen LogP contribution in [0.2, 0.25) is 0 Å². The average molecular weight is 604 g/mol. The van der Waals surface area contributed by atoms with Crippen LogP contribution in [0.1, 0.15) is 162 Å². The summed E-state index contributed by atoms with van der Waals surface area (Å²) in [5.74, 6) is -0.339. The Balaban J connectivity index is 3.86. The van der Waals surface area contributed by atoms with E-state index in [1.807, 2.05) is 6.08 Å². The number of hydrogen-bond acceptors (Lipinski definition) is 4. The van der Waals surface area contributed by atoms with E-state index in [0.29, 0.717) is 6.42 Å². The van der Waals surface area contributed by atoms with Crippen molar-refractivity contribution in [3.05, 3.63) is 48.6 Å². The van der Waals surface area contributed by atoms with Crippen molar-refractivity contribution in [2.75, 3.05) is 6.61 Å². The van der Waals surface area contributed by atoms with E-state index >= 15 is 0 Å². The van der Waals surface area contributed by atoms with Gasteiger partial charge in [0, 0.05) is 0 Å². The summed E-state index contributed by atoms with van der Waals surface area (Å²) in [4.78, 5) is 12.3. The molecule has 3 atom stereocenters. The monoisotopic (exact) mass is 604 g/mol. The lowest BCUT2D eigenvalue weighted by atomic mass is 10.0. The van der Waals surface area contributed by atoms with Crippen LogP contribution in [0.3, 0.4) is 0 Å². The van der Waals surface area contributed by atoms with Gasteiger partial charge in [0.25, 0.3) is 0 Å². The lowest BCUT2D eigenvalue weighted by molar-refractivity contribution is -0.124. The molecule has 250 valence electrons. The molecule has 5 nitrogen and oxygen atoms in total. The highest BCUT2D eigenvalue weighted by Crippen LogP contribution is 2.12. The van der Waals surface area contributed by atoms with Crippen molar-refractivity contribution >= 4 is 5.91 Å². The number of allylic oxidation sites excluding steroid dienone is 7. The lowest BCUT2D eigenvalue weighted by Gasteiger charge is -2.20. The minimum atomic E-state index is -0.960. The number of carbonyl (C=O) groups is 1. The molecule has 0 aromatic heterocycles. The fourth-order valence-corrected chi connectivity index (χ4v) is 5.01. The molecule has 0 saturated heterocycles. The third-order valence-electron chi connectivity index (χ3n) is 7.82. The van der Waals surface area contributed by atoms with Crippen LogP contribution in [0.4, 0.5) is 0 Å². The van der Waals surface area contributed by atoms with Gasteiger partial charge in [0.2, 0.25) is 5.91 Å². The van der Waals surface area contributed by atoms with Crippen LogP contribution < -0.4 is 5.32 Å². The van der Waals surface area contributed by atoms with E-state index in [4.69, 9.17) is 0 Å². The van der Waals surface area contributed by atoms with Crippen LogP contribution in [0.15, 0.2) is 48.6 Å². The first-order valence-corrected chi connectivity index (χ1v) is 17.9. The van der Waals surface area contributed by atoms with Crippen molar-refractivity contribution in [1.82, 2.24) is 5.32 Å². The third kappa shape index (κ3) is 30.1. The van der Waals surface area contributed by atoms with Crippen molar-refractivity contribution in [2.45, 2.75) is 180 Å². The number of aliphatic hydroxyl groups is 3. The molecule has 0 aliphatic carbocycles. The van der Waals surface area contributed by atoms with Gasteiger partial charge < -0.3 is 20.6 Å². The molecule has 5 heteroatoms. The lowest BCUT2D eigenvalue weighted by Crippen LogP contribution is -2.45. The molecule has 0 aliphatic heterocycles. The Bertz CT molecular complexity index is 715. The second-order valence-electron chi connectivity index (χ2n) is 12.1. The molecular formula is C38H69NO4. The van der Waals surface area contributed by atoms with Gasteiger partial charge in [-0.25, -0.2) is 0 Å². The van der Waals surface area contributed by atoms with E-state index < -0.39 is 18.2 Å². The molecule has 0 fully saturated rings. The molecule has 1 amide bonds. The highest BCUT2D eigenvalue weighted by Gasteiger charge is 2.20. The highest BCUT2D eigenvalue weighted by molar-refractivity contribution is 5.76. The minimum absolute atomic E-state index is 0.00503. The second-order valence-corrected chi connectivity index (χ2v) is 12.1. The van der Waals surface area contributed by atoms with Gasteiger partial charge in [-0.1, -0.05) is 133 Å². The minimum Gasteiger partial charge on any atom is -0.394 e. The maximum atomic E-state index is 12.3. The number of unbranched alkanes of at least 4 members (excludes halogenated alkanes) is 16. The molecule has 0 heterocycles. The Hall–Kier alpha value is -1.69. The summed E-state index contributed by atoms with van der Waals surface area (Å²) in [5.41, 5.74) is 0. The van der Waals surface area contributed by atoms with Crippen molar-refractivity contribution < 1.29 is 20.1 Å². The quantitative estimate of drug-likeness (QED) is 0.0469. The number of hydrogen-bond donors (Lipinski definition) is 4. The van der Waals surface area contributed by atoms with Crippen molar-refractivity contribution in [3.63, 3.8) is 0 Å². The van der Waals surface area contributed by atoms with Crippen molar-refractivity contribution in [1.29, 1.82) is 0 Å². The summed E-state index contributed by atoms with van der Waals surface area (Å²) >= 11 is 0. The zero-order chi connectivity index (χ0) is 31.6. The number of carbonyl (C=O) groups excluding carboxylic acids is 1. The largest absolute Gasteiger partial charge is 0.394 e. The molecule has 3 unspecified atom stereocenters. The van der Waals surface area contributed by atoms with Gasteiger partial charge in [0.1, 0.15) is 0 Å². The van der Waals surface area contributed by atoms with Crippen LogP contribution in [0, 0.1) is 0 Å². The number of aliphatic hydroxyl groups excluding tert-OH is 3. The zero-order valence-electron chi connectivity index (χ0n) is 28.1. The summed E-state index contributed by atoms with van der Waals surface area (Å²) in [6.07, 6.45) is 40.9. The average Bonchev–Trinajstić information content (AvgIpc) is 3.00. The Morgan fingerprint density at radius 1 is 0.581 bits per heavy atom. The van der Waals surface area contributed by atoms with E-state index in [1.165, 1.54) is 83.5 Å². The standard InChI is InChI=1S/C38H69NO4/c1-3-5-7-9-11-13-15-17-18-20-22-24-26-28-30-32-37(42)36(34-40)39-38(43)33-35(41)31-29-27-25-23-21-19-16-14-12-10-8-6-4-2/h14-17,22,24,30,32,35-37,40-42H,3-13,18-21,23,25-29,31,33-34H2,1-2H3,(H,39,43)/b16-14-,17-15+,24-22+,32-30+. The first-order chi connectivity index (χ1) is 21.0. The Morgan fingerprint density at radius 2 is 1.00 bits per heavy atom. The number of nitrogens with one attached hydrogen (secondary N) is 1. The number of amides is 1. The Labute approximate surface area is 266 Å². The normalized spacial score (nSPS) is 14.4. The summed E-state index contributed by atoms with van der Waals surface area (Å²) in [7, 11) is 0. The van der Waals surface area contributed by atoms with E-state index in [0.717, 1.165) is 51.4 Å². The molecule has 0 aromatic rings. The van der Waals surface area contributed by atoms with E-state index in [-0.39, 0.29) is 18.9 Å². The van der Waals surface area contributed by atoms with Gasteiger partial charge in [-0.2, -0.15) is 0 Å². The summed E-state index contributed by atoms with van der Waals surface area (Å²) in [6, 6.07) is -0.768. The van der Waals surface area contributed by atoms with Gasteiger partial charge in [-0.15, -0.1) is 0 Å². The SMILES string of the molecule is CCCCCC/C=C\CCCCCCCC(O)CC(=O)NC(CO)C(O)/C=C/CC/C=C/CC/C=C/CCCCCCC. The maximum absolute atomic E-state index is 12.3. The molecule has 0 aliphatic rings. The molecule has 0 rings (SSSR count).